The molecule has 20 heavy (non-hydrogen) atoms. The normalized spacial score (nSPS) is 13.2. The maximum absolute atomic E-state index is 12.1. The molecular weight excluding hydrogens is 256 g/mol. The van der Waals surface area contributed by atoms with Gasteiger partial charge in [-0.05, 0) is 31.5 Å². The molecule has 0 aliphatic carbocycles. The topological polar surface area (TPSA) is 96.2 Å². The number of anilines is 2. The summed E-state index contributed by atoms with van der Waals surface area (Å²) in [5, 5.41) is 7.86. The summed E-state index contributed by atoms with van der Waals surface area (Å²) in [6, 6.07) is 6.58. The molecule has 3 amide bonds. The SMILES string of the molecule is CCCC(C)(N)C(=O)Nc1cccc(NC(=O)NC)c1. The fraction of sp³-hybridized carbons (Fsp3) is 0.429. The molecule has 110 valence electrons. The molecule has 1 aromatic rings. The number of hydrogen-bond acceptors (Lipinski definition) is 3. The van der Waals surface area contributed by atoms with E-state index >= 15 is 0 Å². The van der Waals surface area contributed by atoms with Gasteiger partial charge in [0.2, 0.25) is 5.91 Å². The first-order valence-corrected chi connectivity index (χ1v) is 6.58. The van der Waals surface area contributed by atoms with E-state index < -0.39 is 5.54 Å². The van der Waals surface area contributed by atoms with E-state index in [1.54, 1.807) is 31.2 Å². The fourth-order valence-electron chi connectivity index (χ4n) is 1.78. The summed E-state index contributed by atoms with van der Waals surface area (Å²) in [4.78, 5) is 23.3. The zero-order chi connectivity index (χ0) is 15.2. The fourth-order valence-corrected chi connectivity index (χ4v) is 1.78. The highest BCUT2D eigenvalue weighted by atomic mass is 16.2. The molecule has 0 aliphatic heterocycles. The highest BCUT2D eigenvalue weighted by Gasteiger charge is 2.27. The van der Waals surface area contributed by atoms with Gasteiger partial charge < -0.3 is 21.7 Å². The summed E-state index contributed by atoms with van der Waals surface area (Å²) >= 11 is 0. The minimum Gasteiger partial charge on any atom is -0.341 e. The van der Waals surface area contributed by atoms with Crippen molar-refractivity contribution in [1.29, 1.82) is 0 Å². The zero-order valence-electron chi connectivity index (χ0n) is 12.1. The van der Waals surface area contributed by atoms with Crippen LogP contribution in [0, 0.1) is 0 Å². The Hall–Kier alpha value is -2.08. The van der Waals surface area contributed by atoms with Gasteiger partial charge in [-0.15, -0.1) is 0 Å². The van der Waals surface area contributed by atoms with E-state index in [0.29, 0.717) is 17.8 Å². The van der Waals surface area contributed by atoms with Crippen molar-refractivity contribution in [3.63, 3.8) is 0 Å². The second-order valence-electron chi connectivity index (χ2n) is 4.91. The lowest BCUT2D eigenvalue weighted by molar-refractivity contribution is -0.120. The third-order valence-corrected chi connectivity index (χ3v) is 2.89. The van der Waals surface area contributed by atoms with Crippen molar-refractivity contribution in [3.8, 4) is 0 Å². The van der Waals surface area contributed by atoms with Gasteiger partial charge in [0.25, 0.3) is 0 Å². The van der Waals surface area contributed by atoms with Gasteiger partial charge in [-0.25, -0.2) is 4.79 Å². The van der Waals surface area contributed by atoms with Crippen LogP contribution in [0.3, 0.4) is 0 Å². The largest absolute Gasteiger partial charge is 0.341 e. The maximum atomic E-state index is 12.1. The standard InChI is InChI=1S/C14H22N4O2/c1-4-8-14(2,15)12(19)17-10-6-5-7-11(9-10)18-13(20)16-3/h5-7,9H,4,8,15H2,1-3H3,(H,17,19)(H2,16,18,20). The van der Waals surface area contributed by atoms with Crippen molar-refractivity contribution in [3.05, 3.63) is 24.3 Å². The van der Waals surface area contributed by atoms with Crippen LogP contribution in [-0.2, 0) is 4.79 Å². The van der Waals surface area contributed by atoms with Crippen molar-refractivity contribution in [1.82, 2.24) is 5.32 Å². The van der Waals surface area contributed by atoms with Crippen LogP contribution in [0.5, 0.6) is 0 Å². The predicted octanol–water partition coefficient (Wildman–Crippen LogP) is 1.89. The van der Waals surface area contributed by atoms with Gasteiger partial charge >= 0.3 is 6.03 Å². The molecule has 0 saturated heterocycles. The number of nitrogens with two attached hydrogens (primary N) is 1. The number of rotatable bonds is 5. The van der Waals surface area contributed by atoms with E-state index in [-0.39, 0.29) is 11.9 Å². The van der Waals surface area contributed by atoms with Gasteiger partial charge in [0, 0.05) is 18.4 Å². The first-order valence-electron chi connectivity index (χ1n) is 6.58. The van der Waals surface area contributed by atoms with E-state index in [2.05, 4.69) is 16.0 Å². The lowest BCUT2D eigenvalue weighted by atomic mass is 9.96. The molecule has 6 nitrogen and oxygen atoms in total. The highest BCUT2D eigenvalue weighted by molar-refractivity contribution is 5.98. The van der Waals surface area contributed by atoms with Crippen LogP contribution < -0.4 is 21.7 Å². The van der Waals surface area contributed by atoms with Gasteiger partial charge in [0.1, 0.15) is 0 Å². The van der Waals surface area contributed by atoms with Gasteiger partial charge in [-0.2, -0.15) is 0 Å². The van der Waals surface area contributed by atoms with E-state index in [4.69, 9.17) is 5.73 Å². The van der Waals surface area contributed by atoms with E-state index in [1.807, 2.05) is 6.92 Å². The predicted molar refractivity (Wildman–Crippen MR) is 80.7 cm³/mol. The van der Waals surface area contributed by atoms with E-state index in [1.165, 1.54) is 7.05 Å². The number of amides is 3. The number of hydrogen-bond donors (Lipinski definition) is 4. The Morgan fingerprint density at radius 3 is 2.40 bits per heavy atom. The molecule has 0 aliphatic rings. The second kappa shape index (κ2) is 6.91. The van der Waals surface area contributed by atoms with Gasteiger partial charge in [0.05, 0.1) is 5.54 Å². The number of nitrogens with one attached hydrogen (secondary N) is 3. The Kier molecular flexibility index (Phi) is 5.52. The summed E-state index contributed by atoms with van der Waals surface area (Å²) in [7, 11) is 1.53. The molecule has 6 heteroatoms. The van der Waals surface area contributed by atoms with Crippen LogP contribution >= 0.6 is 0 Å². The van der Waals surface area contributed by atoms with Crippen molar-refractivity contribution >= 4 is 23.3 Å². The quantitative estimate of drug-likeness (QED) is 0.662. The molecule has 0 heterocycles. The monoisotopic (exact) mass is 278 g/mol. The average Bonchev–Trinajstić information content (AvgIpc) is 2.38. The Balaban J connectivity index is 2.75. The summed E-state index contributed by atoms with van der Waals surface area (Å²) in [5.74, 6) is -0.239. The first kappa shape index (κ1) is 16.0. The number of benzene rings is 1. The Morgan fingerprint density at radius 2 is 1.85 bits per heavy atom. The molecule has 1 unspecified atom stereocenters. The molecule has 0 fully saturated rings. The lowest BCUT2D eigenvalue weighted by Crippen LogP contribution is -2.48. The van der Waals surface area contributed by atoms with Gasteiger partial charge in [-0.1, -0.05) is 19.4 Å². The maximum Gasteiger partial charge on any atom is 0.318 e. The van der Waals surface area contributed by atoms with E-state index in [9.17, 15) is 9.59 Å². The molecule has 1 atom stereocenters. The molecule has 0 aromatic heterocycles. The Bertz CT molecular complexity index is 486. The number of urea groups is 1. The minimum atomic E-state index is -0.904. The summed E-state index contributed by atoms with van der Waals surface area (Å²) in [6.45, 7) is 3.69. The zero-order valence-corrected chi connectivity index (χ0v) is 12.1. The lowest BCUT2D eigenvalue weighted by Gasteiger charge is -2.23. The molecule has 1 rings (SSSR count). The minimum absolute atomic E-state index is 0.239. The molecule has 5 N–H and O–H groups in total. The van der Waals surface area contributed by atoms with Crippen LogP contribution in [0.25, 0.3) is 0 Å². The smallest absolute Gasteiger partial charge is 0.318 e. The van der Waals surface area contributed by atoms with Crippen molar-refractivity contribution in [2.24, 2.45) is 5.73 Å². The van der Waals surface area contributed by atoms with Crippen LogP contribution in [0.15, 0.2) is 24.3 Å². The first-order chi connectivity index (χ1) is 9.39. The van der Waals surface area contributed by atoms with Gasteiger partial charge in [-0.3, -0.25) is 4.79 Å². The molecule has 1 aromatic carbocycles. The summed E-state index contributed by atoms with van der Waals surface area (Å²) in [5.41, 5.74) is 6.25. The number of carbonyl (C=O) groups excluding carboxylic acids is 2. The third-order valence-electron chi connectivity index (χ3n) is 2.89. The van der Waals surface area contributed by atoms with E-state index in [0.717, 1.165) is 6.42 Å². The van der Waals surface area contributed by atoms with Crippen LogP contribution in [0.1, 0.15) is 26.7 Å². The highest BCUT2D eigenvalue weighted by Crippen LogP contribution is 2.17. The van der Waals surface area contributed by atoms with Crippen molar-refractivity contribution < 1.29 is 9.59 Å². The average molecular weight is 278 g/mol. The Labute approximate surface area is 119 Å². The Morgan fingerprint density at radius 1 is 1.25 bits per heavy atom. The molecular formula is C14H22N4O2. The van der Waals surface area contributed by atoms with Crippen LogP contribution in [-0.4, -0.2) is 24.5 Å². The van der Waals surface area contributed by atoms with Crippen LogP contribution in [0.2, 0.25) is 0 Å². The number of carbonyl (C=O) groups is 2. The summed E-state index contributed by atoms with van der Waals surface area (Å²) < 4.78 is 0. The molecule has 0 spiro atoms. The molecule has 0 radical (unpaired) electrons. The van der Waals surface area contributed by atoms with Crippen molar-refractivity contribution in [2.75, 3.05) is 17.7 Å². The van der Waals surface area contributed by atoms with Crippen LogP contribution in [0.4, 0.5) is 16.2 Å². The summed E-state index contributed by atoms with van der Waals surface area (Å²) in [6.07, 6.45) is 1.44. The molecule has 0 saturated carbocycles. The third kappa shape index (κ3) is 4.55. The van der Waals surface area contributed by atoms with Gasteiger partial charge in [0.15, 0.2) is 0 Å². The van der Waals surface area contributed by atoms with Crippen molar-refractivity contribution in [2.45, 2.75) is 32.2 Å². The molecule has 0 bridgehead atoms. The second-order valence-corrected chi connectivity index (χ2v) is 4.91.